The number of amides is 1. The lowest BCUT2D eigenvalue weighted by Gasteiger charge is -2.08. The number of hydrazone groups is 1. The molecule has 5 nitrogen and oxygen atoms in total. The Hall–Kier alpha value is -1.38. The first-order chi connectivity index (χ1) is 11.4. The zero-order valence-electron chi connectivity index (χ0n) is 12.6. The van der Waals surface area contributed by atoms with Crippen LogP contribution in [-0.2, 0) is 4.79 Å². The van der Waals surface area contributed by atoms with Crippen molar-refractivity contribution in [2.75, 3.05) is 11.9 Å². The van der Waals surface area contributed by atoms with E-state index in [4.69, 9.17) is 0 Å². The molecule has 0 aromatic heterocycles. The second-order valence-electron chi connectivity index (χ2n) is 4.88. The monoisotopic (exact) mass is 517 g/mol. The molecule has 0 aliphatic carbocycles. The maximum Gasteiger partial charge on any atom is 0.259 e. The molecule has 0 radical (unpaired) electrons. The highest BCUT2D eigenvalue weighted by Gasteiger charge is 2.12. The molecule has 0 unspecified atom stereocenters. The number of anilines is 1. The number of hydrogen-bond donors (Lipinski definition) is 3. The molecule has 0 saturated heterocycles. The summed E-state index contributed by atoms with van der Waals surface area (Å²) in [7, 11) is 0. The third kappa shape index (κ3) is 4.81. The van der Waals surface area contributed by atoms with Crippen molar-refractivity contribution in [3.8, 4) is 5.75 Å². The van der Waals surface area contributed by atoms with Gasteiger partial charge in [0.2, 0.25) is 0 Å². The molecule has 1 amide bonds. The predicted molar refractivity (Wildman–Crippen MR) is 107 cm³/mol. The van der Waals surface area contributed by atoms with Crippen LogP contribution in [0.2, 0.25) is 0 Å². The molecule has 126 valence electrons. The highest BCUT2D eigenvalue weighted by Crippen LogP contribution is 2.38. The van der Waals surface area contributed by atoms with Crippen molar-refractivity contribution >= 4 is 65.6 Å². The summed E-state index contributed by atoms with van der Waals surface area (Å²) in [6.45, 7) is 2.07. The summed E-state index contributed by atoms with van der Waals surface area (Å²) in [5.41, 5.74) is 5.02. The van der Waals surface area contributed by atoms with Gasteiger partial charge in [-0.2, -0.15) is 5.10 Å². The van der Waals surface area contributed by atoms with Crippen molar-refractivity contribution in [2.45, 2.75) is 6.92 Å². The summed E-state index contributed by atoms with van der Waals surface area (Å²) in [6.07, 6.45) is 1.45. The van der Waals surface area contributed by atoms with Crippen LogP contribution in [0.1, 0.15) is 11.1 Å². The van der Waals surface area contributed by atoms with E-state index in [1.165, 1.54) is 6.21 Å². The van der Waals surface area contributed by atoms with Gasteiger partial charge >= 0.3 is 0 Å². The summed E-state index contributed by atoms with van der Waals surface area (Å²) in [4.78, 5) is 11.8. The number of carbonyl (C=O) groups excluding carboxylic acids is 1. The van der Waals surface area contributed by atoms with Crippen LogP contribution in [0.3, 0.4) is 0 Å². The van der Waals surface area contributed by atoms with Gasteiger partial charge in [0.1, 0.15) is 5.75 Å². The molecule has 2 aromatic carbocycles. The lowest BCUT2D eigenvalue weighted by atomic mass is 10.2. The number of benzene rings is 2. The van der Waals surface area contributed by atoms with Gasteiger partial charge in [0, 0.05) is 15.7 Å². The molecule has 3 N–H and O–H groups in total. The van der Waals surface area contributed by atoms with Crippen molar-refractivity contribution in [2.24, 2.45) is 5.10 Å². The van der Waals surface area contributed by atoms with Gasteiger partial charge in [0.25, 0.3) is 5.91 Å². The van der Waals surface area contributed by atoms with Crippen LogP contribution in [0.5, 0.6) is 5.75 Å². The average Bonchev–Trinajstić information content (AvgIpc) is 2.55. The minimum Gasteiger partial charge on any atom is -0.506 e. The number of carbonyl (C=O) groups is 1. The molecule has 0 bridgehead atoms. The van der Waals surface area contributed by atoms with Gasteiger partial charge in [-0.25, -0.2) is 5.43 Å². The molecule has 0 spiro atoms. The Balaban J connectivity index is 1.96. The van der Waals surface area contributed by atoms with Gasteiger partial charge in [-0.15, -0.1) is 0 Å². The van der Waals surface area contributed by atoms with Crippen LogP contribution in [-0.4, -0.2) is 23.8 Å². The lowest BCUT2D eigenvalue weighted by molar-refractivity contribution is -0.119. The fourth-order valence-corrected chi connectivity index (χ4v) is 4.19. The van der Waals surface area contributed by atoms with E-state index >= 15 is 0 Å². The number of phenols is 1. The fourth-order valence-electron chi connectivity index (χ4n) is 1.87. The van der Waals surface area contributed by atoms with Crippen molar-refractivity contribution in [3.63, 3.8) is 0 Å². The first-order valence-corrected chi connectivity index (χ1v) is 9.26. The zero-order chi connectivity index (χ0) is 17.7. The fraction of sp³-hybridized carbons (Fsp3) is 0.125. The van der Waals surface area contributed by atoms with Crippen LogP contribution in [0.15, 0.2) is 48.9 Å². The molecular formula is C16H14Br3N3O2. The topological polar surface area (TPSA) is 73.7 Å². The molecule has 0 fully saturated rings. The Morgan fingerprint density at radius 3 is 2.67 bits per heavy atom. The molecule has 24 heavy (non-hydrogen) atoms. The number of phenolic OH excluding ortho intramolecular Hbond substituents is 1. The molecule has 0 aliphatic heterocycles. The number of aromatic hydroxyl groups is 1. The molecule has 0 heterocycles. The molecule has 8 heteroatoms. The second-order valence-corrected chi connectivity index (χ2v) is 7.38. The number of para-hydroxylation sites is 1. The van der Waals surface area contributed by atoms with E-state index in [2.05, 4.69) is 63.6 Å². The van der Waals surface area contributed by atoms with Crippen LogP contribution < -0.4 is 10.7 Å². The van der Waals surface area contributed by atoms with E-state index < -0.39 is 0 Å². The summed E-state index contributed by atoms with van der Waals surface area (Å²) in [6, 6.07) is 9.41. The van der Waals surface area contributed by atoms with E-state index in [1.54, 1.807) is 6.07 Å². The number of aryl methyl sites for hydroxylation is 1. The first kappa shape index (κ1) is 19.0. The SMILES string of the molecule is Cc1ccccc1NCC(=O)N/N=C\c1c(Br)cc(Br)c(O)c1Br. The normalized spacial score (nSPS) is 10.8. The maximum atomic E-state index is 11.8. The first-order valence-electron chi connectivity index (χ1n) is 6.88. The molecular weight excluding hydrogens is 506 g/mol. The van der Waals surface area contributed by atoms with Crippen molar-refractivity contribution < 1.29 is 9.90 Å². The Labute approximate surface area is 164 Å². The largest absolute Gasteiger partial charge is 0.506 e. The molecule has 0 atom stereocenters. The summed E-state index contributed by atoms with van der Waals surface area (Å²) < 4.78 is 1.74. The minimum absolute atomic E-state index is 0.0622. The molecule has 2 rings (SSSR count). The second kappa shape index (κ2) is 8.64. The van der Waals surface area contributed by atoms with Crippen LogP contribution >= 0.6 is 47.8 Å². The Morgan fingerprint density at radius 1 is 1.25 bits per heavy atom. The van der Waals surface area contributed by atoms with Gasteiger partial charge in [0.05, 0.1) is 21.7 Å². The molecule has 0 aliphatic rings. The third-order valence-corrected chi connectivity index (χ3v) is 5.21. The van der Waals surface area contributed by atoms with Crippen molar-refractivity contribution in [1.82, 2.24) is 5.43 Å². The van der Waals surface area contributed by atoms with E-state index in [-0.39, 0.29) is 18.2 Å². The number of nitrogens with one attached hydrogen (secondary N) is 2. The van der Waals surface area contributed by atoms with Crippen LogP contribution in [0, 0.1) is 6.92 Å². The van der Waals surface area contributed by atoms with Gasteiger partial charge in [-0.3, -0.25) is 4.79 Å². The average molecular weight is 520 g/mol. The van der Waals surface area contributed by atoms with Crippen LogP contribution in [0.4, 0.5) is 5.69 Å². The highest BCUT2D eigenvalue weighted by molar-refractivity contribution is 9.11. The number of nitrogens with zero attached hydrogens (tertiary/aromatic N) is 1. The van der Waals surface area contributed by atoms with Gasteiger partial charge in [-0.1, -0.05) is 34.1 Å². The van der Waals surface area contributed by atoms with Gasteiger partial charge < -0.3 is 10.4 Å². The quantitative estimate of drug-likeness (QED) is 0.401. The Kier molecular flexibility index (Phi) is 6.82. The van der Waals surface area contributed by atoms with E-state index in [1.807, 2.05) is 31.2 Å². The standard InChI is InChI=1S/C16H14Br3N3O2/c1-9-4-2-3-5-13(9)20-8-14(23)22-21-7-10-11(17)6-12(18)16(24)15(10)19/h2-7,20,24H,8H2,1H3,(H,22,23)/b21-7-. The van der Waals surface area contributed by atoms with E-state index in [9.17, 15) is 9.90 Å². The number of halogens is 3. The molecule has 0 saturated carbocycles. The minimum atomic E-state index is -0.275. The van der Waals surface area contributed by atoms with E-state index in [0.29, 0.717) is 14.5 Å². The summed E-state index contributed by atoms with van der Waals surface area (Å²) in [5, 5.41) is 16.9. The van der Waals surface area contributed by atoms with Crippen LogP contribution in [0.25, 0.3) is 0 Å². The summed E-state index contributed by atoms with van der Waals surface area (Å²) >= 11 is 9.91. The number of rotatable bonds is 5. The number of hydrogen-bond acceptors (Lipinski definition) is 4. The van der Waals surface area contributed by atoms with Crippen molar-refractivity contribution in [3.05, 3.63) is 54.9 Å². The lowest BCUT2D eigenvalue weighted by Crippen LogP contribution is -2.26. The third-order valence-electron chi connectivity index (χ3n) is 3.15. The smallest absolute Gasteiger partial charge is 0.259 e. The Bertz CT molecular complexity index is 794. The predicted octanol–water partition coefficient (Wildman–Crippen LogP) is 4.55. The highest BCUT2D eigenvalue weighted by atomic mass is 79.9. The summed E-state index contributed by atoms with van der Waals surface area (Å²) in [5.74, 6) is -0.213. The van der Waals surface area contributed by atoms with Crippen molar-refractivity contribution in [1.29, 1.82) is 0 Å². The van der Waals surface area contributed by atoms with Gasteiger partial charge in [-0.05, 0) is 56.5 Å². The maximum absolute atomic E-state index is 11.8. The molecule has 2 aromatic rings. The Morgan fingerprint density at radius 2 is 1.96 bits per heavy atom. The zero-order valence-corrected chi connectivity index (χ0v) is 17.4. The van der Waals surface area contributed by atoms with Gasteiger partial charge in [0.15, 0.2) is 0 Å². The van der Waals surface area contributed by atoms with E-state index in [0.717, 1.165) is 15.7 Å².